The number of esters is 1. The highest BCUT2D eigenvalue weighted by molar-refractivity contribution is 6.00. The van der Waals surface area contributed by atoms with Crippen LogP contribution in [0, 0.1) is 11.3 Å². The Bertz CT molecular complexity index is 936. The van der Waals surface area contributed by atoms with Gasteiger partial charge in [-0.1, -0.05) is 12.1 Å². The molecule has 0 saturated heterocycles. The lowest BCUT2D eigenvalue weighted by atomic mass is 10.1. The Morgan fingerprint density at radius 2 is 1.89 bits per heavy atom. The number of fused-ring (bicyclic) bond motifs is 1. The van der Waals surface area contributed by atoms with Gasteiger partial charge in [0, 0.05) is 12.1 Å². The summed E-state index contributed by atoms with van der Waals surface area (Å²) in [5.74, 6) is 0.0421. The largest absolute Gasteiger partial charge is 0.489 e. The molecule has 1 heterocycles. The molecule has 6 heteroatoms. The number of benzene rings is 2. The number of amides is 1. The molecular formula is C22H22N2O4. The van der Waals surface area contributed by atoms with E-state index in [0.29, 0.717) is 30.0 Å². The number of nitriles is 1. The van der Waals surface area contributed by atoms with Crippen LogP contribution in [0.5, 0.6) is 5.75 Å². The van der Waals surface area contributed by atoms with E-state index in [1.54, 1.807) is 45.0 Å². The van der Waals surface area contributed by atoms with Crippen LogP contribution in [-0.4, -0.2) is 28.9 Å². The van der Waals surface area contributed by atoms with Gasteiger partial charge in [-0.2, -0.15) is 5.26 Å². The molecule has 0 saturated carbocycles. The van der Waals surface area contributed by atoms with Gasteiger partial charge >= 0.3 is 5.97 Å². The Morgan fingerprint density at radius 1 is 1.18 bits per heavy atom. The molecule has 0 N–H and O–H groups in total. The molecule has 0 atom stereocenters. The first kappa shape index (κ1) is 19.4. The highest BCUT2D eigenvalue weighted by atomic mass is 16.6. The molecule has 144 valence electrons. The number of hydrogen-bond acceptors (Lipinski definition) is 5. The van der Waals surface area contributed by atoms with Gasteiger partial charge < -0.3 is 14.4 Å². The van der Waals surface area contributed by atoms with Gasteiger partial charge in [0.25, 0.3) is 5.91 Å². The lowest BCUT2D eigenvalue weighted by molar-refractivity contribution is -0.155. The first-order valence-corrected chi connectivity index (χ1v) is 9.01. The summed E-state index contributed by atoms with van der Waals surface area (Å²) in [5.41, 5.74) is 2.37. The molecule has 0 aromatic heterocycles. The molecule has 0 aliphatic carbocycles. The van der Waals surface area contributed by atoms with Crippen LogP contribution >= 0.6 is 0 Å². The van der Waals surface area contributed by atoms with Crippen molar-refractivity contribution in [3.05, 3.63) is 64.7 Å². The zero-order valence-electron chi connectivity index (χ0n) is 16.2. The van der Waals surface area contributed by atoms with Crippen molar-refractivity contribution < 1.29 is 19.1 Å². The van der Waals surface area contributed by atoms with Crippen molar-refractivity contribution in [2.24, 2.45) is 0 Å². The van der Waals surface area contributed by atoms with Crippen LogP contribution in [0.4, 0.5) is 0 Å². The number of ether oxygens (including phenoxy) is 2. The Balaban J connectivity index is 1.62. The van der Waals surface area contributed by atoms with Crippen LogP contribution in [0.25, 0.3) is 0 Å². The van der Waals surface area contributed by atoms with Crippen LogP contribution in [0.3, 0.4) is 0 Å². The molecule has 1 amide bonds. The van der Waals surface area contributed by atoms with Crippen LogP contribution in [-0.2, 0) is 22.7 Å². The Hall–Kier alpha value is -3.33. The van der Waals surface area contributed by atoms with E-state index in [2.05, 4.69) is 6.07 Å². The summed E-state index contributed by atoms with van der Waals surface area (Å²) in [5, 5.41) is 8.84. The maximum absolute atomic E-state index is 12.5. The fourth-order valence-electron chi connectivity index (χ4n) is 2.95. The highest BCUT2D eigenvalue weighted by Crippen LogP contribution is 2.27. The molecule has 0 radical (unpaired) electrons. The zero-order valence-corrected chi connectivity index (χ0v) is 16.2. The molecule has 0 spiro atoms. The molecule has 0 bridgehead atoms. The van der Waals surface area contributed by atoms with Crippen molar-refractivity contribution in [1.29, 1.82) is 5.26 Å². The summed E-state index contributed by atoms with van der Waals surface area (Å²) in [6.45, 7) is 6.02. The number of carbonyl (C=O) groups is 2. The van der Waals surface area contributed by atoms with Crippen molar-refractivity contribution in [3.8, 4) is 11.8 Å². The molecular weight excluding hydrogens is 356 g/mol. The second-order valence-electron chi connectivity index (χ2n) is 7.66. The lowest BCUT2D eigenvalue weighted by Crippen LogP contribution is -2.35. The number of rotatable bonds is 5. The van der Waals surface area contributed by atoms with E-state index in [4.69, 9.17) is 14.7 Å². The van der Waals surface area contributed by atoms with E-state index in [1.807, 2.05) is 18.2 Å². The van der Waals surface area contributed by atoms with Crippen LogP contribution in [0.1, 0.15) is 47.8 Å². The first-order valence-electron chi connectivity index (χ1n) is 9.01. The second kappa shape index (κ2) is 7.73. The van der Waals surface area contributed by atoms with E-state index >= 15 is 0 Å². The molecule has 28 heavy (non-hydrogen) atoms. The van der Waals surface area contributed by atoms with Gasteiger partial charge in [0.05, 0.1) is 11.6 Å². The van der Waals surface area contributed by atoms with Crippen LogP contribution in [0.2, 0.25) is 0 Å². The fraction of sp³-hybridized carbons (Fsp3) is 0.318. The maximum atomic E-state index is 12.5. The molecule has 0 unspecified atom stereocenters. The Kier molecular flexibility index (Phi) is 5.36. The molecule has 6 nitrogen and oxygen atoms in total. The maximum Gasteiger partial charge on any atom is 0.326 e. The van der Waals surface area contributed by atoms with Gasteiger partial charge in [0.1, 0.15) is 24.5 Å². The fourth-order valence-corrected chi connectivity index (χ4v) is 2.95. The molecule has 0 fully saturated rings. The Morgan fingerprint density at radius 3 is 2.54 bits per heavy atom. The predicted octanol–water partition coefficient (Wildman–Crippen LogP) is 3.43. The molecule has 1 aliphatic rings. The van der Waals surface area contributed by atoms with Crippen molar-refractivity contribution in [2.75, 3.05) is 6.54 Å². The SMILES string of the molecule is CC(C)(C)OC(=O)CN1Cc2cc(OCc3ccc(C#N)cc3)ccc2C1=O. The highest BCUT2D eigenvalue weighted by Gasteiger charge is 2.30. The minimum atomic E-state index is -0.584. The van der Waals surface area contributed by atoms with Crippen molar-refractivity contribution >= 4 is 11.9 Å². The van der Waals surface area contributed by atoms with E-state index in [9.17, 15) is 9.59 Å². The van der Waals surface area contributed by atoms with E-state index in [0.717, 1.165) is 11.1 Å². The van der Waals surface area contributed by atoms with Crippen LogP contribution in [0.15, 0.2) is 42.5 Å². The molecule has 2 aromatic carbocycles. The second-order valence-corrected chi connectivity index (χ2v) is 7.66. The summed E-state index contributed by atoms with van der Waals surface area (Å²) in [6, 6.07) is 14.6. The minimum absolute atomic E-state index is 0.0772. The lowest BCUT2D eigenvalue weighted by Gasteiger charge is -2.22. The molecule has 3 rings (SSSR count). The minimum Gasteiger partial charge on any atom is -0.489 e. The van der Waals surface area contributed by atoms with Crippen molar-refractivity contribution in [2.45, 2.75) is 39.5 Å². The normalized spacial score (nSPS) is 13.1. The molecule has 2 aromatic rings. The smallest absolute Gasteiger partial charge is 0.326 e. The van der Waals surface area contributed by atoms with Gasteiger partial charge in [0.2, 0.25) is 0 Å². The monoisotopic (exact) mass is 378 g/mol. The van der Waals surface area contributed by atoms with Crippen molar-refractivity contribution in [1.82, 2.24) is 4.90 Å². The van der Waals surface area contributed by atoms with Gasteiger partial charge in [-0.15, -0.1) is 0 Å². The van der Waals surface area contributed by atoms with Crippen molar-refractivity contribution in [3.63, 3.8) is 0 Å². The van der Waals surface area contributed by atoms with E-state index in [-0.39, 0.29) is 12.5 Å². The average molecular weight is 378 g/mol. The van der Waals surface area contributed by atoms with Gasteiger partial charge in [-0.05, 0) is 62.2 Å². The predicted molar refractivity (Wildman–Crippen MR) is 103 cm³/mol. The quantitative estimate of drug-likeness (QED) is 0.745. The summed E-state index contributed by atoms with van der Waals surface area (Å²) in [6.07, 6.45) is 0. The van der Waals surface area contributed by atoms with Crippen LogP contribution < -0.4 is 4.74 Å². The van der Waals surface area contributed by atoms with Gasteiger partial charge in [0.15, 0.2) is 0 Å². The number of hydrogen-bond donors (Lipinski definition) is 0. The third-order valence-electron chi connectivity index (χ3n) is 4.18. The first-order chi connectivity index (χ1) is 13.2. The third kappa shape index (κ3) is 4.68. The van der Waals surface area contributed by atoms with E-state index < -0.39 is 11.6 Å². The van der Waals surface area contributed by atoms with Gasteiger partial charge in [-0.25, -0.2) is 0 Å². The zero-order chi connectivity index (χ0) is 20.3. The Labute approximate surface area is 164 Å². The molecule has 1 aliphatic heterocycles. The topological polar surface area (TPSA) is 79.6 Å². The number of nitrogens with zero attached hydrogens (tertiary/aromatic N) is 2. The summed E-state index contributed by atoms with van der Waals surface area (Å²) >= 11 is 0. The number of carbonyl (C=O) groups excluding carboxylic acids is 2. The third-order valence-corrected chi connectivity index (χ3v) is 4.18. The summed E-state index contributed by atoms with van der Waals surface area (Å²) in [7, 11) is 0. The standard InChI is InChI=1S/C22H22N2O4/c1-22(2,3)28-20(25)13-24-12-17-10-18(8-9-19(17)21(24)26)27-14-16-6-4-15(11-23)5-7-16/h4-10H,12-14H2,1-3H3. The summed E-state index contributed by atoms with van der Waals surface area (Å²) < 4.78 is 11.1. The average Bonchev–Trinajstić information content (AvgIpc) is 2.94. The summed E-state index contributed by atoms with van der Waals surface area (Å²) in [4.78, 5) is 26.0. The van der Waals surface area contributed by atoms with Gasteiger partial charge in [-0.3, -0.25) is 9.59 Å². The van der Waals surface area contributed by atoms with E-state index in [1.165, 1.54) is 4.90 Å².